The fourth-order valence-corrected chi connectivity index (χ4v) is 2.40. The molecule has 1 nitrogen and oxygen atoms in total. The van der Waals surface area contributed by atoms with Crippen LogP contribution in [0.3, 0.4) is 0 Å². The molecule has 2 aromatic carbocycles. The van der Waals surface area contributed by atoms with Crippen LogP contribution in [0.25, 0.3) is 0 Å². The van der Waals surface area contributed by atoms with Crippen molar-refractivity contribution in [3.8, 4) is 0 Å². The molecule has 0 aromatic heterocycles. The van der Waals surface area contributed by atoms with E-state index in [1.165, 1.54) is 12.1 Å². The molecule has 0 spiro atoms. The van der Waals surface area contributed by atoms with Gasteiger partial charge in [-0.2, -0.15) is 0 Å². The third-order valence-electron chi connectivity index (χ3n) is 3.22. The summed E-state index contributed by atoms with van der Waals surface area (Å²) in [4.78, 5) is 12.3. The normalized spacial score (nSPS) is 10.5. The largest absolute Gasteiger partial charge is 0.294 e. The molecule has 0 unspecified atom stereocenters. The Morgan fingerprint density at radius 1 is 1.21 bits per heavy atom. The van der Waals surface area contributed by atoms with Gasteiger partial charge in [0.25, 0.3) is 0 Å². The molecule has 98 valence electrons. The van der Waals surface area contributed by atoms with E-state index in [1.54, 1.807) is 6.07 Å². The highest BCUT2D eigenvalue weighted by molar-refractivity contribution is 9.10. The third-order valence-corrected chi connectivity index (χ3v) is 4.08. The van der Waals surface area contributed by atoms with Crippen LogP contribution in [0.4, 0.5) is 4.39 Å². The first-order chi connectivity index (χ1) is 8.99. The Bertz CT molecular complexity index is 635. The number of carbonyl (C=O) groups is 1. The van der Waals surface area contributed by atoms with Crippen LogP contribution in [0.1, 0.15) is 27.0 Å². The number of benzene rings is 2. The van der Waals surface area contributed by atoms with Crippen molar-refractivity contribution >= 4 is 21.7 Å². The predicted octanol–water partition coefficient (Wildman–Crippen LogP) is 4.63. The van der Waals surface area contributed by atoms with Gasteiger partial charge < -0.3 is 0 Å². The molecule has 0 radical (unpaired) electrons. The van der Waals surface area contributed by atoms with Gasteiger partial charge in [0, 0.05) is 16.5 Å². The van der Waals surface area contributed by atoms with Crippen molar-refractivity contribution in [3.05, 3.63) is 68.9 Å². The average molecular weight is 321 g/mol. The topological polar surface area (TPSA) is 17.1 Å². The molecular weight excluding hydrogens is 307 g/mol. The van der Waals surface area contributed by atoms with Crippen molar-refractivity contribution in [3.63, 3.8) is 0 Å². The molecule has 2 rings (SSSR count). The van der Waals surface area contributed by atoms with Crippen LogP contribution in [0.15, 0.2) is 40.9 Å². The first-order valence-corrected chi connectivity index (χ1v) is 6.81. The first kappa shape index (κ1) is 13.9. The van der Waals surface area contributed by atoms with Gasteiger partial charge in [-0.15, -0.1) is 0 Å². The van der Waals surface area contributed by atoms with Crippen molar-refractivity contribution < 1.29 is 9.18 Å². The minimum Gasteiger partial charge on any atom is -0.294 e. The van der Waals surface area contributed by atoms with Gasteiger partial charge in [-0.05, 0) is 48.7 Å². The lowest BCUT2D eigenvalue weighted by Crippen LogP contribution is -2.07. The molecule has 19 heavy (non-hydrogen) atoms. The summed E-state index contributed by atoms with van der Waals surface area (Å²) in [7, 11) is 0. The fourth-order valence-electron chi connectivity index (χ4n) is 2.04. The number of ketones is 1. The van der Waals surface area contributed by atoms with E-state index in [4.69, 9.17) is 0 Å². The zero-order valence-electron chi connectivity index (χ0n) is 10.8. The monoisotopic (exact) mass is 320 g/mol. The minimum absolute atomic E-state index is 0.0495. The number of rotatable bonds is 3. The molecule has 0 atom stereocenters. The number of hydrogen-bond donors (Lipinski definition) is 0. The van der Waals surface area contributed by atoms with E-state index in [2.05, 4.69) is 15.9 Å². The van der Waals surface area contributed by atoms with Crippen LogP contribution in [0, 0.1) is 19.7 Å². The second-order valence-corrected chi connectivity index (χ2v) is 5.44. The average Bonchev–Trinajstić information content (AvgIpc) is 2.36. The Kier molecular flexibility index (Phi) is 4.15. The van der Waals surface area contributed by atoms with E-state index < -0.39 is 0 Å². The molecular formula is C16H14BrFO. The van der Waals surface area contributed by atoms with Crippen LogP contribution in [-0.4, -0.2) is 5.78 Å². The Morgan fingerprint density at radius 2 is 1.95 bits per heavy atom. The van der Waals surface area contributed by atoms with E-state index in [-0.39, 0.29) is 11.6 Å². The predicted molar refractivity (Wildman–Crippen MR) is 78.1 cm³/mol. The van der Waals surface area contributed by atoms with Gasteiger partial charge in [0.1, 0.15) is 5.82 Å². The Labute approximate surface area is 120 Å². The first-order valence-electron chi connectivity index (χ1n) is 6.02. The molecule has 0 heterocycles. The number of carbonyl (C=O) groups excluding carboxylic acids is 1. The van der Waals surface area contributed by atoms with Crippen molar-refractivity contribution in [2.45, 2.75) is 20.3 Å². The number of halogens is 2. The van der Waals surface area contributed by atoms with Crippen LogP contribution < -0.4 is 0 Å². The van der Waals surface area contributed by atoms with Gasteiger partial charge in [-0.1, -0.05) is 34.1 Å². The standard InChI is InChI=1S/C16H14BrFO/c1-10-8-13(18)7-6-12(10)9-16(19)14-4-3-5-15(17)11(14)2/h3-8H,9H2,1-2H3. The maximum Gasteiger partial charge on any atom is 0.167 e. The highest BCUT2D eigenvalue weighted by Gasteiger charge is 2.12. The summed E-state index contributed by atoms with van der Waals surface area (Å²) in [6.07, 6.45) is 0.295. The quantitative estimate of drug-likeness (QED) is 0.753. The molecule has 0 saturated carbocycles. The maximum atomic E-state index is 13.0. The molecule has 0 N–H and O–H groups in total. The van der Waals surface area contributed by atoms with Crippen LogP contribution in [0.5, 0.6) is 0 Å². The molecule has 0 aliphatic carbocycles. The van der Waals surface area contributed by atoms with Gasteiger partial charge in [0.2, 0.25) is 0 Å². The minimum atomic E-state index is -0.271. The highest BCUT2D eigenvalue weighted by atomic mass is 79.9. The van der Waals surface area contributed by atoms with Crippen molar-refractivity contribution in [1.82, 2.24) is 0 Å². The second-order valence-electron chi connectivity index (χ2n) is 4.58. The molecule has 0 fully saturated rings. The van der Waals surface area contributed by atoms with Crippen molar-refractivity contribution in [1.29, 1.82) is 0 Å². The van der Waals surface area contributed by atoms with Gasteiger partial charge in [0.15, 0.2) is 5.78 Å². The van der Waals surface area contributed by atoms with Crippen molar-refractivity contribution in [2.75, 3.05) is 0 Å². The highest BCUT2D eigenvalue weighted by Crippen LogP contribution is 2.21. The Balaban J connectivity index is 2.28. The molecule has 0 aliphatic rings. The summed E-state index contributed by atoms with van der Waals surface area (Å²) in [6.45, 7) is 3.73. The lowest BCUT2D eigenvalue weighted by atomic mass is 9.97. The maximum absolute atomic E-state index is 13.0. The van der Waals surface area contributed by atoms with Crippen LogP contribution in [0.2, 0.25) is 0 Å². The molecule has 0 bridgehead atoms. The zero-order valence-corrected chi connectivity index (χ0v) is 12.4. The lowest BCUT2D eigenvalue weighted by molar-refractivity contribution is 0.0992. The summed E-state index contributed by atoms with van der Waals surface area (Å²) in [5.74, 6) is -0.221. The third kappa shape index (κ3) is 3.10. The summed E-state index contributed by atoms with van der Waals surface area (Å²) in [6, 6.07) is 10.1. The fraction of sp³-hybridized carbons (Fsp3) is 0.188. The summed E-state index contributed by atoms with van der Waals surface area (Å²) < 4.78 is 14.0. The van der Waals surface area contributed by atoms with Crippen molar-refractivity contribution in [2.24, 2.45) is 0 Å². The molecule has 0 amide bonds. The summed E-state index contributed by atoms with van der Waals surface area (Å²) in [5.41, 5.74) is 3.32. The van der Waals surface area contributed by atoms with Crippen LogP contribution >= 0.6 is 15.9 Å². The Hall–Kier alpha value is -1.48. The van der Waals surface area contributed by atoms with E-state index in [0.29, 0.717) is 12.0 Å². The number of Topliss-reactive ketones (excluding diaryl/α,β-unsaturated/α-hetero) is 1. The Morgan fingerprint density at radius 3 is 2.63 bits per heavy atom. The smallest absolute Gasteiger partial charge is 0.167 e. The SMILES string of the molecule is Cc1cc(F)ccc1CC(=O)c1cccc(Br)c1C. The van der Waals surface area contributed by atoms with Crippen LogP contribution in [-0.2, 0) is 6.42 Å². The van der Waals surface area contributed by atoms with E-state index in [1.807, 2.05) is 32.0 Å². The number of hydrogen-bond acceptors (Lipinski definition) is 1. The van der Waals surface area contributed by atoms with E-state index >= 15 is 0 Å². The van der Waals surface area contributed by atoms with Gasteiger partial charge in [-0.25, -0.2) is 4.39 Å². The molecule has 0 saturated heterocycles. The molecule has 3 heteroatoms. The number of aryl methyl sites for hydroxylation is 1. The lowest BCUT2D eigenvalue weighted by Gasteiger charge is -2.08. The molecule has 2 aromatic rings. The van der Waals surface area contributed by atoms with E-state index in [9.17, 15) is 9.18 Å². The summed E-state index contributed by atoms with van der Waals surface area (Å²) >= 11 is 3.42. The van der Waals surface area contributed by atoms with Gasteiger partial charge in [-0.3, -0.25) is 4.79 Å². The second kappa shape index (κ2) is 5.66. The van der Waals surface area contributed by atoms with E-state index in [0.717, 1.165) is 21.2 Å². The zero-order chi connectivity index (χ0) is 14.0. The summed E-state index contributed by atoms with van der Waals surface area (Å²) in [5, 5.41) is 0. The molecule has 0 aliphatic heterocycles. The van der Waals surface area contributed by atoms with Gasteiger partial charge >= 0.3 is 0 Å². The van der Waals surface area contributed by atoms with Gasteiger partial charge in [0.05, 0.1) is 0 Å².